The number of carboxylic acid groups (broad SMARTS) is 1. The van der Waals surface area contributed by atoms with Crippen molar-refractivity contribution in [2.75, 3.05) is 5.32 Å². The molecule has 0 atom stereocenters. The number of aromatic nitrogens is 1. The Balaban J connectivity index is 1.52. The van der Waals surface area contributed by atoms with Crippen LogP contribution in [-0.2, 0) is 11.4 Å². The van der Waals surface area contributed by atoms with E-state index in [1.807, 2.05) is 79.1 Å². The fraction of sp³-hybridized carbons (Fsp3) is 0.100. The van der Waals surface area contributed by atoms with Crippen molar-refractivity contribution in [1.29, 1.82) is 5.26 Å². The minimum atomic E-state index is -1.11. The molecule has 0 bridgehead atoms. The van der Waals surface area contributed by atoms with Crippen molar-refractivity contribution in [2.45, 2.75) is 20.5 Å². The Kier molecular flexibility index (Phi) is 7.95. The third-order valence-corrected chi connectivity index (χ3v) is 6.32. The van der Waals surface area contributed by atoms with Crippen molar-refractivity contribution in [3.63, 3.8) is 0 Å². The van der Waals surface area contributed by atoms with Crippen LogP contribution in [0.15, 0.2) is 84.4 Å². The lowest BCUT2D eigenvalue weighted by Crippen LogP contribution is -2.14. The summed E-state index contributed by atoms with van der Waals surface area (Å²) in [6, 6.07) is 24.8. The lowest BCUT2D eigenvalue weighted by atomic mass is 10.1. The predicted octanol–water partition coefficient (Wildman–Crippen LogP) is 6.57. The zero-order chi connectivity index (χ0) is 27.2. The number of anilines is 1. The maximum atomic E-state index is 12.7. The summed E-state index contributed by atoms with van der Waals surface area (Å²) in [5.41, 5.74) is 4.51. The lowest BCUT2D eigenvalue weighted by molar-refractivity contribution is -0.112. The third-order valence-electron chi connectivity index (χ3n) is 5.95. The Bertz CT molecular complexity index is 1580. The molecule has 1 heterocycles. The largest absolute Gasteiger partial charge is 0.489 e. The first-order valence-corrected chi connectivity index (χ1v) is 12.1. The van der Waals surface area contributed by atoms with Gasteiger partial charge in [0.25, 0.3) is 5.91 Å². The molecule has 7 nitrogen and oxygen atoms in total. The van der Waals surface area contributed by atoms with Gasteiger partial charge >= 0.3 is 5.97 Å². The number of halogens is 1. The van der Waals surface area contributed by atoms with Crippen LogP contribution in [0.4, 0.5) is 5.69 Å². The molecule has 1 aromatic heterocycles. The van der Waals surface area contributed by atoms with Gasteiger partial charge in [-0.15, -0.1) is 0 Å². The molecule has 0 saturated heterocycles. The Hall–Kier alpha value is -4.80. The van der Waals surface area contributed by atoms with E-state index in [0.29, 0.717) is 28.6 Å². The van der Waals surface area contributed by atoms with E-state index in [1.54, 1.807) is 6.07 Å². The van der Waals surface area contributed by atoms with E-state index >= 15 is 0 Å². The Morgan fingerprint density at radius 3 is 2.47 bits per heavy atom. The van der Waals surface area contributed by atoms with Crippen molar-refractivity contribution in [1.82, 2.24) is 4.57 Å². The van der Waals surface area contributed by atoms with Gasteiger partial charge < -0.3 is 19.7 Å². The van der Waals surface area contributed by atoms with Crippen LogP contribution in [0.3, 0.4) is 0 Å². The van der Waals surface area contributed by atoms with Gasteiger partial charge in [-0.05, 0) is 80.1 Å². The second-order valence-corrected chi connectivity index (χ2v) is 8.95. The summed E-state index contributed by atoms with van der Waals surface area (Å²) in [6.07, 6.45) is 1.52. The number of nitrogens with one attached hydrogen (secondary N) is 1. The SMILES string of the molecule is Cc1cc(/C=C(/C#N)C(=O)Nc2cccc(C(=O)O)c2)c(C)n1-c1ccc(OCc2ccccc2Cl)cc1. The van der Waals surface area contributed by atoms with Gasteiger partial charge in [0.05, 0.1) is 5.56 Å². The Labute approximate surface area is 225 Å². The highest BCUT2D eigenvalue weighted by Crippen LogP contribution is 2.25. The number of rotatable bonds is 8. The van der Waals surface area contributed by atoms with Gasteiger partial charge in [0, 0.05) is 33.3 Å². The molecule has 0 fully saturated rings. The standard InChI is InChI=1S/C30H24ClN3O4/c1-19-14-23(15-24(17-32)29(35)33-25-8-5-7-21(16-25)30(36)37)20(2)34(19)26-10-12-27(13-11-26)38-18-22-6-3-4-9-28(22)31/h3-16H,18H2,1-2H3,(H,33,35)(H,36,37)/b24-15-. The monoisotopic (exact) mass is 525 g/mol. The van der Waals surface area contributed by atoms with Crippen molar-refractivity contribution in [2.24, 2.45) is 0 Å². The van der Waals surface area contributed by atoms with E-state index < -0.39 is 11.9 Å². The lowest BCUT2D eigenvalue weighted by Gasteiger charge is -2.12. The number of aromatic carboxylic acids is 1. The van der Waals surface area contributed by atoms with Crippen LogP contribution in [0.2, 0.25) is 5.02 Å². The first-order valence-electron chi connectivity index (χ1n) is 11.7. The number of ether oxygens (including phenoxy) is 1. The number of hydrogen-bond donors (Lipinski definition) is 2. The van der Waals surface area contributed by atoms with Gasteiger partial charge in [0.1, 0.15) is 24.0 Å². The van der Waals surface area contributed by atoms with Crippen LogP contribution in [-0.4, -0.2) is 21.6 Å². The topological polar surface area (TPSA) is 104 Å². The fourth-order valence-corrected chi connectivity index (χ4v) is 4.22. The van der Waals surface area contributed by atoms with Crippen LogP contribution < -0.4 is 10.1 Å². The molecule has 4 aromatic rings. The van der Waals surface area contributed by atoms with E-state index in [9.17, 15) is 14.9 Å². The summed E-state index contributed by atoms with van der Waals surface area (Å²) >= 11 is 6.20. The molecule has 2 N–H and O–H groups in total. The highest BCUT2D eigenvalue weighted by atomic mass is 35.5. The van der Waals surface area contributed by atoms with Gasteiger partial charge in [-0.2, -0.15) is 5.26 Å². The molecule has 3 aromatic carbocycles. The molecule has 8 heteroatoms. The molecule has 0 spiro atoms. The number of carbonyl (C=O) groups excluding carboxylic acids is 1. The van der Waals surface area contributed by atoms with Gasteiger partial charge in [-0.1, -0.05) is 35.9 Å². The molecule has 4 rings (SSSR count). The average molecular weight is 526 g/mol. The fourth-order valence-electron chi connectivity index (χ4n) is 4.03. The first kappa shape index (κ1) is 26.3. The van der Waals surface area contributed by atoms with Gasteiger partial charge in [0.15, 0.2) is 0 Å². The number of hydrogen-bond acceptors (Lipinski definition) is 4. The molecule has 38 heavy (non-hydrogen) atoms. The molecule has 1 amide bonds. The maximum Gasteiger partial charge on any atom is 0.335 e. The predicted molar refractivity (Wildman–Crippen MR) is 147 cm³/mol. The maximum absolute atomic E-state index is 12.7. The molecular formula is C30H24ClN3O4. The van der Waals surface area contributed by atoms with Crippen LogP contribution in [0.25, 0.3) is 11.8 Å². The van der Waals surface area contributed by atoms with Crippen molar-refractivity contribution >= 4 is 35.2 Å². The second-order valence-electron chi connectivity index (χ2n) is 8.55. The van der Waals surface area contributed by atoms with Crippen LogP contribution in [0, 0.1) is 25.2 Å². The zero-order valence-corrected chi connectivity index (χ0v) is 21.5. The van der Waals surface area contributed by atoms with Crippen molar-refractivity contribution < 1.29 is 19.4 Å². The van der Waals surface area contributed by atoms with E-state index in [1.165, 1.54) is 24.3 Å². The second kappa shape index (κ2) is 11.5. The molecular weight excluding hydrogens is 502 g/mol. The smallest absolute Gasteiger partial charge is 0.335 e. The highest BCUT2D eigenvalue weighted by Gasteiger charge is 2.15. The van der Waals surface area contributed by atoms with Gasteiger partial charge in [0.2, 0.25) is 0 Å². The number of amides is 1. The van der Waals surface area contributed by atoms with Crippen LogP contribution in [0.1, 0.15) is 32.9 Å². The van der Waals surface area contributed by atoms with E-state index in [2.05, 4.69) is 5.32 Å². The molecule has 0 radical (unpaired) electrons. The highest BCUT2D eigenvalue weighted by molar-refractivity contribution is 6.31. The number of benzene rings is 3. The summed E-state index contributed by atoms with van der Waals surface area (Å²) in [5.74, 6) is -1.03. The molecule has 0 aliphatic heterocycles. The minimum absolute atomic E-state index is 0.0362. The van der Waals surface area contributed by atoms with Crippen LogP contribution in [0.5, 0.6) is 5.75 Å². The molecule has 0 saturated carbocycles. The molecule has 0 unspecified atom stereocenters. The quantitative estimate of drug-likeness (QED) is 0.200. The molecule has 0 aliphatic carbocycles. The summed E-state index contributed by atoms with van der Waals surface area (Å²) in [7, 11) is 0. The number of carbonyl (C=O) groups is 2. The van der Waals surface area contributed by atoms with Crippen LogP contribution >= 0.6 is 11.6 Å². The normalized spacial score (nSPS) is 11.1. The third kappa shape index (κ3) is 5.94. The average Bonchev–Trinajstić information content (AvgIpc) is 3.19. The zero-order valence-electron chi connectivity index (χ0n) is 20.7. The molecule has 190 valence electrons. The first-order chi connectivity index (χ1) is 18.3. The number of aryl methyl sites for hydroxylation is 1. The van der Waals surface area contributed by atoms with E-state index in [0.717, 1.165) is 22.6 Å². The number of nitrogens with zero attached hydrogens (tertiary/aromatic N) is 2. The summed E-state index contributed by atoms with van der Waals surface area (Å²) < 4.78 is 7.90. The summed E-state index contributed by atoms with van der Waals surface area (Å²) in [4.78, 5) is 23.9. The Morgan fingerprint density at radius 1 is 1.05 bits per heavy atom. The number of carboxylic acids is 1. The number of nitriles is 1. The summed E-state index contributed by atoms with van der Waals surface area (Å²) in [6.45, 7) is 4.20. The summed E-state index contributed by atoms with van der Waals surface area (Å²) in [5, 5.41) is 22.0. The Morgan fingerprint density at radius 2 is 1.79 bits per heavy atom. The van der Waals surface area contributed by atoms with Crippen molar-refractivity contribution in [3.05, 3.63) is 118 Å². The van der Waals surface area contributed by atoms with Crippen molar-refractivity contribution in [3.8, 4) is 17.5 Å². The van der Waals surface area contributed by atoms with Gasteiger partial charge in [-0.25, -0.2) is 4.79 Å². The molecule has 0 aliphatic rings. The minimum Gasteiger partial charge on any atom is -0.489 e. The van der Waals surface area contributed by atoms with E-state index in [4.69, 9.17) is 21.4 Å². The van der Waals surface area contributed by atoms with E-state index in [-0.39, 0.29) is 11.1 Å². The van der Waals surface area contributed by atoms with Gasteiger partial charge in [-0.3, -0.25) is 4.79 Å².